The van der Waals surface area contributed by atoms with E-state index >= 15 is 0 Å². The number of hydrogen-bond acceptors (Lipinski definition) is 4. The third-order valence-electron chi connectivity index (χ3n) is 4.26. The molecule has 0 aromatic heterocycles. The smallest absolute Gasteiger partial charge is 0.258 e. The number of aliphatic hydroxyl groups excluding tert-OH is 1. The minimum atomic E-state index is -0.802. The van der Waals surface area contributed by atoms with E-state index in [1.807, 2.05) is 32.9 Å². The number of ether oxygens (including phenoxy) is 2. The Labute approximate surface area is 165 Å². The maximum atomic E-state index is 12.1. The minimum Gasteiger partial charge on any atom is -0.497 e. The summed E-state index contributed by atoms with van der Waals surface area (Å²) < 4.78 is 10.8. The molecule has 0 aliphatic rings. The van der Waals surface area contributed by atoms with Crippen LogP contribution in [-0.4, -0.2) is 31.3 Å². The molecule has 1 unspecified atom stereocenters. The number of benzene rings is 2. The van der Waals surface area contributed by atoms with Crippen LogP contribution in [0.2, 0.25) is 5.02 Å². The van der Waals surface area contributed by atoms with Gasteiger partial charge in [-0.1, -0.05) is 37.6 Å². The summed E-state index contributed by atoms with van der Waals surface area (Å²) in [5, 5.41) is 13.6. The Morgan fingerprint density at radius 1 is 1.22 bits per heavy atom. The molecule has 2 aromatic rings. The van der Waals surface area contributed by atoms with E-state index in [1.165, 1.54) is 0 Å². The Bertz CT molecular complexity index is 774. The highest BCUT2D eigenvalue weighted by atomic mass is 35.5. The van der Waals surface area contributed by atoms with Gasteiger partial charge in [-0.2, -0.15) is 0 Å². The van der Waals surface area contributed by atoms with Crippen LogP contribution in [-0.2, 0) is 4.79 Å². The molecule has 0 radical (unpaired) electrons. The number of nitrogens with one attached hydrogen (secondary N) is 1. The van der Waals surface area contributed by atoms with Gasteiger partial charge in [-0.05, 0) is 53.8 Å². The SMILES string of the molecule is COc1ccc(C(O)CNC(=O)COc2cc(C)c(Cl)cc2C(C)C)cc1. The number of aryl methyl sites for hydroxylation is 1. The van der Waals surface area contributed by atoms with E-state index in [0.29, 0.717) is 22.1 Å². The molecule has 0 saturated heterocycles. The molecule has 5 nitrogen and oxygen atoms in total. The first-order valence-electron chi connectivity index (χ1n) is 8.83. The van der Waals surface area contributed by atoms with E-state index in [9.17, 15) is 9.90 Å². The van der Waals surface area contributed by atoms with Gasteiger partial charge in [-0.25, -0.2) is 0 Å². The van der Waals surface area contributed by atoms with Crippen molar-refractivity contribution in [2.24, 2.45) is 0 Å². The molecule has 2 N–H and O–H groups in total. The third kappa shape index (κ3) is 5.88. The van der Waals surface area contributed by atoms with E-state index in [-0.39, 0.29) is 25.0 Å². The van der Waals surface area contributed by atoms with Crippen molar-refractivity contribution >= 4 is 17.5 Å². The van der Waals surface area contributed by atoms with Crippen LogP contribution in [0.3, 0.4) is 0 Å². The second kappa shape index (κ2) is 9.62. The molecule has 2 rings (SSSR count). The first-order valence-corrected chi connectivity index (χ1v) is 9.21. The van der Waals surface area contributed by atoms with Crippen LogP contribution in [0.25, 0.3) is 0 Å². The molecule has 1 atom stereocenters. The topological polar surface area (TPSA) is 67.8 Å². The molecule has 146 valence electrons. The van der Waals surface area contributed by atoms with Gasteiger partial charge in [0, 0.05) is 11.6 Å². The molecule has 2 aromatic carbocycles. The molecule has 0 aliphatic heterocycles. The number of methoxy groups -OCH3 is 1. The third-order valence-corrected chi connectivity index (χ3v) is 4.67. The summed E-state index contributed by atoms with van der Waals surface area (Å²) in [5.74, 6) is 1.28. The van der Waals surface area contributed by atoms with E-state index in [0.717, 1.165) is 11.1 Å². The summed E-state index contributed by atoms with van der Waals surface area (Å²) in [5.41, 5.74) is 2.55. The predicted molar refractivity (Wildman–Crippen MR) is 107 cm³/mol. The van der Waals surface area contributed by atoms with E-state index in [2.05, 4.69) is 5.32 Å². The molecule has 27 heavy (non-hydrogen) atoms. The van der Waals surface area contributed by atoms with Gasteiger partial charge in [0.15, 0.2) is 6.61 Å². The van der Waals surface area contributed by atoms with Crippen LogP contribution < -0.4 is 14.8 Å². The average molecular weight is 392 g/mol. The lowest BCUT2D eigenvalue weighted by molar-refractivity contribution is -0.123. The largest absolute Gasteiger partial charge is 0.497 e. The van der Waals surface area contributed by atoms with Crippen molar-refractivity contribution in [3.63, 3.8) is 0 Å². The Hall–Kier alpha value is -2.24. The number of aliphatic hydroxyl groups is 1. The van der Waals surface area contributed by atoms with E-state index in [4.69, 9.17) is 21.1 Å². The van der Waals surface area contributed by atoms with Gasteiger partial charge in [0.05, 0.1) is 13.2 Å². The molecule has 0 aliphatic carbocycles. The lowest BCUT2D eigenvalue weighted by Gasteiger charge is -2.16. The van der Waals surface area contributed by atoms with Gasteiger partial charge < -0.3 is 19.9 Å². The van der Waals surface area contributed by atoms with Crippen molar-refractivity contribution in [1.82, 2.24) is 5.32 Å². The van der Waals surface area contributed by atoms with Crippen LogP contribution >= 0.6 is 11.6 Å². The standard InChI is InChI=1S/C21H26ClNO4/c1-13(2)17-10-18(22)14(3)9-20(17)27-12-21(25)23-11-19(24)15-5-7-16(26-4)8-6-15/h5-10,13,19,24H,11-12H2,1-4H3,(H,23,25). The number of rotatable bonds is 8. The van der Waals surface area contributed by atoms with Gasteiger partial charge >= 0.3 is 0 Å². The molecule has 0 fully saturated rings. The van der Waals surface area contributed by atoms with Crippen LogP contribution in [0.5, 0.6) is 11.5 Å². The van der Waals surface area contributed by atoms with Crippen molar-refractivity contribution in [1.29, 1.82) is 0 Å². The van der Waals surface area contributed by atoms with Crippen molar-refractivity contribution < 1.29 is 19.4 Å². The van der Waals surface area contributed by atoms with Crippen LogP contribution in [0.4, 0.5) is 0 Å². The van der Waals surface area contributed by atoms with E-state index < -0.39 is 6.10 Å². The second-order valence-electron chi connectivity index (χ2n) is 6.68. The zero-order valence-corrected chi connectivity index (χ0v) is 16.8. The van der Waals surface area contributed by atoms with Gasteiger partial charge in [-0.3, -0.25) is 4.79 Å². The molecule has 0 heterocycles. The summed E-state index contributed by atoms with van der Waals surface area (Å²) in [6.07, 6.45) is -0.802. The predicted octanol–water partition coefficient (Wildman–Crippen LogP) is 4.01. The van der Waals surface area contributed by atoms with Crippen molar-refractivity contribution in [2.75, 3.05) is 20.3 Å². The maximum absolute atomic E-state index is 12.1. The second-order valence-corrected chi connectivity index (χ2v) is 7.08. The Balaban J connectivity index is 1.90. The molecular weight excluding hydrogens is 366 g/mol. The molecule has 1 amide bonds. The number of halogens is 1. The molecule has 0 spiro atoms. The highest BCUT2D eigenvalue weighted by molar-refractivity contribution is 6.31. The van der Waals surface area contributed by atoms with Gasteiger partial charge in [-0.15, -0.1) is 0 Å². The molecular formula is C21H26ClNO4. The lowest BCUT2D eigenvalue weighted by Crippen LogP contribution is -2.32. The lowest BCUT2D eigenvalue weighted by atomic mass is 10.0. The number of carbonyl (C=O) groups is 1. The van der Waals surface area contributed by atoms with Crippen LogP contribution in [0.15, 0.2) is 36.4 Å². The number of hydrogen-bond donors (Lipinski definition) is 2. The zero-order valence-electron chi connectivity index (χ0n) is 16.1. The van der Waals surface area contributed by atoms with Gasteiger partial charge in [0.1, 0.15) is 11.5 Å². The molecule has 0 saturated carbocycles. The van der Waals surface area contributed by atoms with Crippen molar-refractivity contribution in [3.8, 4) is 11.5 Å². The average Bonchev–Trinajstić information content (AvgIpc) is 2.66. The molecule has 6 heteroatoms. The highest BCUT2D eigenvalue weighted by Gasteiger charge is 2.14. The van der Waals surface area contributed by atoms with Gasteiger partial charge in [0.25, 0.3) is 5.91 Å². The first-order chi connectivity index (χ1) is 12.8. The van der Waals surface area contributed by atoms with Crippen LogP contribution in [0, 0.1) is 6.92 Å². The first kappa shape index (κ1) is 21.1. The quantitative estimate of drug-likeness (QED) is 0.713. The Morgan fingerprint density at radius 3 is 2.48 bits per heavy atom. The summed E-state index contributed by atoms with van der Waals surface area (Å²) in [6, 6.07) is 10.8. The van der Waals surface area contributed by atoms with E-state index in [1.54, 1.807) is 31.4 Å². The summed E-state index contributed by atoms with van der Waals surface area (Å²) in [4.78, 5) is 12.1. The minimum absolute atomic E-state index is 0.102. The van der Waals surface area contributed by atoms with Crippen LogP contribution in [0.1, 0.15) is 42.6 Å². The van der Waals surface area contributed by atoms with Crippen molar-refractivity contribution in [3.05, 3.63) is 58.1 Å². The number of amides is 1. The van der Waals surface area contributed by atoms with Gasteiger partial charge in [0.2, 0.25) is 0 Å². The highest BCUT2D eigenvalue weighted by Crippen LogP contribution is 2.32. The monoisotopic (exact) mass is 391 g/mol. The molecule has 0 bridgehead atoms. The Morgan fingerprint density at radius 2 is 1.89 bits per heavy atom. The summed E-state index contributed by atoms with van der Waals surface area (Å²) in [6.45, 7) is 5.95. The van der Waals surface area contributed by atoms with Crippen molar-refractivity contribution in [2.45, 2.75) is 32.8 Å². The maximum Gasteiger partial charge on any atom is 0.258 e. The summed E-state index contributed by atoms with van der Waals surface area (Å²) in [7, 11) is 1.58. The zero-order chi connectivity index (χ0) is 20.0. The summed E-state index contributed by atoms with van der Waals surface area (Å²) >= 11 is 6.18. The Kier molecular flexibility index (Phi) is 7.51. The fraction of sp³-hybridized carbons (Fsp3) is 0.381. The number of carbonyl (C=O) groups excluding carboxylic acids is 1. The fourth-order valence-electron chi connectivity index (χ4n) is 2.60. The normalized spacial score (nSPS) is 12.0. The fourth-order valence-corrected chi connectivity index (χ4v) is 2.77.